The van der Waals surface area contributed by atoms with Crippen LogP contribution in [0.15, 0.2) is 24.3 Å². The minimum atomic E-state index is -0.542. The first kappa shape index (κ1) is 21.8. The molecule has 1 unspecified atom stereocenters. The van der Waals surface area contributed by atoms with Gasteiger partial charge in [0.1, 0.15) is 0 Å². The van der Waals surface area contributed by atoms with Crippen LogP contribution in [0, 0.1) is 10.8 Å². The fourth-order valence-electron chi connectivity index (χ4n) is 3.23. The Hall–Kier alpha value is -1.19. The minimum Gasteiger partial charge on any atom is -0.388 e. The zero-order chi connectivity index (χ0) is 17.7. The summed E-state index contributed by atoms with van der Waals surface area (Å²) in [7, 11) is 1.50. The normalized spacial score (nSPS) is 12.3. The van der Waals surface area contributed by atoms with Crippen molar-refractivity contribution in [2.24, 2.45) is 11.1 Å². The van der Waals surface area contributed by atoms with Gasteiger partial charge in [-0.2, -0.15) is 0 Å². The van der Waals surface area contributed by atoms with Crippen LogP contribution in [0.2, 0.25) is 0 Å². The number of hydrogen-bond donors (Lipinski definition) is 3. The number of benzene rings is 1. The third kappa shape index (κ3) is 8.29. The lowest BCUT2D eigenvalue weighted by atomic mass is 9.76. The summed E-state index contributed by atoms with van der Waals surface area (Å²) in [5.74, 6) is 0. The lowest BCUT2D eigenvalue weighted by Gasteiger charge is -2.29. The van der Waals surface area contributed by atoms with Crippen molar-refractivity contribution in [3.8, 4) is 0 Å². The van der Waals surface area contributed by atoms with Gasteiger partial charge >= 0.3 is 0 Å². The van der Waals surface area contributed by atoms with Gasteiger partial charge in [0.25, 0.3) is 0 Å². The molecular weight excluding hydrogens is 284 g/mol. The average molecular weight is 321 g/mol. The molecule has 0 heterocycles. The Morgan fingerprint density at radius 3 is 2.30 bits per heavy atom. The standard InChI is InChI=1S/C19H31NO.CH5N/c1-4-11-19(3,12-5-2)13-9-16-7-6-8-17(15-16)18(21)10-14-20;1-2/h6-8,14-15,18,20-21H,4-5,9-13H2,1-3H3;2H2,1H3. The number of rotatable bonds is 10. The van der Waals surface area contributed by atoms with Gasteiger partial charge in [-0.05, 0) is 55.5 Å². The summed E-state index contributed by atoms with van der Waals surface area (Å²) in [6.07, 6.45) is 8.47. The van der Waals surface area contributed by atoms with Crippen molar-refractivity contribution in [1.29, 1.82) is 5.41 Å². The largest absolute Gasteiger partial charge is 0.388 e. The summed E-state index contributed by atoms with van der Waals surface area (Å²) < 4.78 is 0. The second-order valence-corrected chi connectivity index (χ2v) is 6.51. The molecule has 3 heteroatoms. The van der Waals surface area contributed by atoms with Gasteiger partial charge in [0.2, 0.25) is 0 Å². The van der Waals surface area contributed by atoms with Crippen molar-refractivity contribution in [3.63, 3.8) is 0 Å². The predicted molar refractivity (Wildman–Crippen MR) is 101 cm³/mol. The lowest BCUT2D eigenvalue weighted by Crippen LogP contribution is -2.17. The van der Waals surface area contributed by atoms with Crippen molar-refractivity contribution in [1.82, 2.24) is 0 Å². The molecule has 0 saturated heterocycles. The van der Waals surface area contributed by atoms with Crippen LogP contribution in [0.5, 0.6) is 0 Å². The van der Waals surface area contributed by atoms with Gasteiger partial charge < -0.3 is 16.2 Å². The Balaban J connectivity index is 0.00000232. The zero-order valence-corrected chi connectivity index (χ0v) is 15.4. The van der Waals surface area contributed by atoms with E-state index >= 15 is 0 Å². The Morgan fingerprint density at radius 1 is 1.17 bits per heavy atom. The highest BCUT2D eigenvalue weighted by Gasteiger charge is 2.21. The smallest absolute Gasteiger partial charge is 0.0839 e. The van der Waals surface area contributed by atoms with Crippen LogP contribution in [-0.2, 0) is 6.42 Å². The molecule has 0 amide bonds. The SMILES string of the molecule is CCCC(C)(CCC)CCc1cccc(C(O)CC=N)c1.CN. The fraction of sp³-hybridized carbons (Fsp3) is 0.650. The van der Waals surface area contributed by atoms with Crippen LogP contribution in [0.1, 0.15) is 76.5 Å². The van der Waals surface area contributed by atoms with Crippen LogP contribution in [-0.4, -0.2) is 18.4 Å². The summed E-state index contributed by atoms with van der Waals surface area (Å²) >= 11 is 0. The molecule has 3 nitrogen and oxygen atoms in total. The third-order valence-corrected chi connectivity index (χ3v) is 4.40. The summed E-state index contributed by atoms with van der Waals surface area (Å²) in [4.78, 5) is 0. The molecular formula is C20H36N2O. The third-order valence-electron chi connectivity index (χ3n) is 4.40. The highest BCUT2D eigenvalue weighted by atomic mass is 16.3. The van der Waals surface area contributed by atoms with E-state index in [1.54, 1.807) is 0 Å². The molecule has 0 spiro atoms. The molecule has 1 atom stereocenters. The quantitative estimate of drug-likeness (QED) is 0.538. The summed E-state index contributed by atoms with van der Waals surface area (Å²) in [6.45, 7) is 6.94. The molecule has 0 aromatic heterocycles. The molecule has 132 valence electrons. The highest BCUT2D eigenvalue weighted by molar-refractivity contribution is 5.54. The molecule has 0 aliphatic carbocycles. The van der Waals surface area contributed by atoms with Crippen molar-refractivity contribution < 1.29 is 5.11 Å². The molecule has 0 bridgehead atoms. The second kappa shape index (κ2) is 12.3. The van der Waals surface area contributed by atoms with E-state index in [1.165, 1.54) is 50.9 Å². The molecule has 23 heavy (non-hydrogen) atoms. The molecule has 1 aromatic rings. The van der Waals surface area contributed by atoms with Gasteiger partial charge in [0.05, 0.1) is 6.10 Å². The van der Waals surface area contributed by atoms with Gasteiger partial charge in [-0.25, -0.2) is 0 Å². The van der Waals surface area contributed by atoms with E-state index in [1.807, 2.05) is 12.1 Å². The van der Waals surface area contributed by atoms with Gasteiger partial charge in [-0.3, -0.25) is 0 Å². The molecule has 0 aliphatic heterocycles. The number of nitrogens with two attached hydrogens (primary N) is 1. The molecule has 0 aliphatic rings. The number of aliphatic hydroxyl groups excluding tert-OH is 1. The van der Waals surface area contributed by atoms with Gasteiger partial charge in [-0.15, -0.1) is 0 Å². The minimum absolute atomic E-state index is 0.396. The van der Waals surface area contributed by atoms with Crippen molar-refractivity contribution in [3.05, 3.63) is 35.4 Å². The first-order valence-corrected chi connectivity index (χ1v) is 8.88. The van der Waals surface area contributed by atoms with Gasteiger partial charge in [0.15, 0.2) is 0 Å². The maximum atomic E-state index is 9.99. The maximum absolute atomic E-state index is 9.99. The topological polar surface area (TPSA) is 70.1 Å². The van der Waals surface area contributed by atoms with E-state index < -0.39 is 6.10 Å². The second-order valence-electron chi connectivity index (χ2n) is 6.51. The molecule has 0 fully saturated rings. The van der Waals surface area contributed by atoms with E-state index in [4.69, 9.17) is 5.41 Å². The zero-order valence-electron chi connectivity index (χ0n) is 15.4. The summed E-state index contributed by atoms with van der Waals surface area (Å²) in [5, 5.41) is 17.1. The predicted octanol–water partition coefficient (Wildman–Crippen LogP) is 4.87. The van der Waals surface area contributed by atoms with Crippen molar-refractivity contribution in [2.45, 2.75) is 71.8 Å². The lowest BCUT2D eigenvalue weighted by molar-refractivity contribution is 0.187. The Kier molecular flexibility index (Phi) is 11.6. The van der Waals surface area contributed by atoms with Crippen molar-refractivity contribution in [2.75, 3.05) is 7.05 Å². The van der Waals surface area contributed by atoms with E-state index in [0.717, 1.165) is 12.0 Å². The van der Waals surface area contributed by atoms with E-state index in [-0.39, 0.29) is 0 Å². The number of aliphatic hydroxyl groups is 1. The van der Waals surface area contributed by atoms with E-state index in [2.05, 4.69) is 38.6 Å². The van der Waals surface area contributed by atoms with E-state index in [9.17, 15) is 5.11 Å². The number of aryl methyl sites for hydroxylation is 1. The first-order valence-electron chi connectivity index (χ1n) is 8.88. The number of nitrogens with one attached hydrogen (secondary N) is 1. The highest BCUT2D eigenvalue weighted by Crippen LogP contribution is 2.34. The number of hydrogen-bond acceptors (Lipinski definition) is 3. The Bertz CT molecular complexity index is 425. The van der Waals surface area contributed by atoms with Gasteiger partial charge in [-0.1, -0.05) is 57.9 Å². The van der Waals surface area contributed by atoms with Crippen molar-refractivity contribution >= 4 is 6.21 Å². The van der Waals surface area contributed by atoms with Crippen LogP contribution >= 0.6 is 0 Å². The molecule has 0 radical (unpaired) electrons. The fourth-order valence-corrected chi connectivity index (χ4v) is 3.23. The summed E-state index contributed by atoms with van der Waals surface area (Å²) in [5.41, 5.74) is 7.17. The molecule has 1 aromatic carbocycles. The average Bonchev–Trinajstić information content (AvgIpc) is 2.56. The van der Waals surface area contributed by atoms with Crippen LogP contribution in [0.3, 0.4) is 0 Å². The summed E-state index contributed by atoms with van der Waals surface area (Å²) in [6, 6.07) is 8.23. The monoisotopic (exact) mass is 320 g/mol. The molecule has 0 saturated carbocycles. The maximum Gasteiger partial charge on any atom is 0.0839 e. The van der Waals surface area contributed by atoms with Crippen LogP contribution in [0.4, 0.5) is 0 Å². The Morgan fingerprint density at radius 2 is 1.78 bits per heavy atom. The first-order chi connectivity index (χ1) is 11.0. The van der Waals surface area contributed by atoms with E-state index in [0.29, 0.717) is 11.8 Å². The van der Waals surface area contributed by atoms with Crippen LogP contribution < -0.4 is 5.73 Å². The van der Waals surface area contributed by atoms with Gasteiger partial charge in [0, 0.05) is 6.42 Å². The molecule has 1 rings (SSSR count). The Labute approximate surface area is 142 Å². The molecule has 4 N–H and O–H groups in total. The van der Waals surface area contributed by atoms with Crippen LogP contribution in [0.25, 0.3) is 0 Å².